The minimum atomic E-state index is 0.277. The molecular weight excluding hydrogens is 228 g/mol. The third-order valence-corrected chi connectivity index (χ3v) is 4.50. The van der Waals surface area contributed by atoms with Crippen molar-refractivity contribution in [3.05, 3.63) is 23.5 Å². The highest BCUT2D eigenvalue weighted by atomic mass is 32.2. The molecule has 0 saturated carbocycles. The third kappa shape index (κ3) is 3.52. The first-order valence-corrected chi connectivity index (χ1v) is 7.98. The second kappa shape index (κ2) is 6.50. The van der Waals surface area contributed by atoms with Gasteiger partial charge in [0.2, 0.25) is 0 Å². The molecule has 96 valence electrons. The Balaban J connectivity index is 1.94. The van der Waals surface area contributed by atoms with Crippen molar-refractivity contribution < 1.29 is 0 Å². The van der Waals surface area contributed by atoms with Crippen LogP contribution in [-0.2, 0) is 13.0 Å². The van der Waals surface area contributed by atoms with E-state index in [2.05, 4.69) is 23.9 Å². The molecule has 1 aromatic heterocycles. The Kier molecular flexibility index (Phi) is 4.99. The predicted octanol–water partition coefficient (Wildman–Crippen LogP) is 3.36. The van der Waals surface area contributed by atoms with E-state index in [1.54, 1.807) is 0 Å². The van der Waals surface area contributed by atoms with E-state index in [4.69, 9.17) is 5.73 Å². The minimum absolute atomic E-state index is 0.277. The summed E-state index contributed by atoms with van der Waals surface area (Å²) in [6.45, 7) is 3.37. The van der Waals surface area contributed by atoms with Crippen molar-refractivity contribution in [3.8, 4) is 0 Å². The van der Waals surface area contributed by atoms with Crippen molar-refractivity contribution >= 4 is 11.8 Å². The maximum atomic E-state index is 6.22. The molecule has 0 spiro atoms. The van der Waals surface area contributed by atoms with Gasteiger partial charge in [0.1, 0.15) is 0 Å². The van der Waals surface area contributed by atoms with Gasteiger partial charge in [0.05, 0.1) is 0 Å². The highest BCUT2D eigenvalue weighted by Gasteiger charge is 2.16. The highest BCUT2D eigenvalue weighted by Crippen LogP contribution is 2.27. The molecule has 1 aliphatic carbocycles. The molecule has 0 saturated heterocycles. The molecule has 2 rings (SSSR count). The van der Waals surface area contributed by atoms with E-state index in [0.717, 1.165) is 13.0 Å². The number of aromatic nitrogens is 1. The molecule has 1 aromatic rings. The maximum Gasteiger partial charge on any atom is 0.0312 e. The molecule has 1 atom stereocenters. The van der Waals surface area contributed by atoms with Crippen LogP contribution in [0.2, 0.25) is 0 Å². The number of nitrogens with zero attached hydrogens (tertiary/aromatic N) is 1. The average Bonchev–Trinajstić information content (AvgIpc) is 2.66. The molecule has 3 heteroatoms. The van der Waals surface area contributed by atoms with Crippen molar-refractivity contribution in [1.29, 1.82) is 0 Å². The Morgan fingerprint density at radius 2 is 2.29 bits per heavy atom. The van der Waals surface area contributed by atoms with E-state index in [0.29, 0.717) is 0 Å². The minimum Gasteiger partial charge on any atom is -0.354 e. The summed E-state index contributed by atoms with van der Waals surface area (Å²) in [5.74, 6) is 2.50. The van der Waals surface area contributed by atoms with Crippen LogP contribution in [0.25, 0.3) is 0 Å². The number of fused-ring (bicyclic) bond motifs is 1. The fourth-order valence-corrected chi connectivity index (χ4v) is 3.20. The van der Waals surface area contributed by atoms with Crippen molar-refractivity contribution in [2.24, 2.45) is 5.73 Å². The van der Waals surface area contributed by atoms with Crippen LogP contribution in [0, 0.1) is 0 Å². The Morgan fingerprint density at radius 1 is 1.41 bits per heavy atom. The molecule has 0 aliphatic heterocycles. The Hall–Kier alpha value is -0.410. The van der Waals surface area contributed by atoms with Crippen LogP contribution in [0.15, 0.2) is 12.4 Å². The van der Waals surface area contributed by atoms with Gasteiger partial charge in [0, 0.05) is 25.0 Å². The van der Waals surface area contributed by atoms with Crippen LogP contribution in [0.1, 0.15) is 49.8 Å². The molecule has 1 unspecified atom stereocenters. The van der Waals surface area contributed by atoms with Gasteiger partial charge in [-0.05, 0) is 48.3 Å². The van der Waals surface area contributed by atoms with Crippen LogP contribution in [0.5, 0.6) is 0 Å². The summed E-state index contributed by atoms with van der Waals surface area (Å²) in [5, 5.41) is 0. The maximum absolute atomic E-state index is 6.22. The van der Waals surface area contributed by atoms with E-state index in [1.165, 1.54) is 48.3 Å². The topological polar surface area (TPSA) is 30.9 Å². The molecule has 2 N–H and O–H groups in total. The lowest BCUT2D eigenvalue weighted by Crippen LogP contribution is -2.09. The zero-order valence-corrected chi connectivity index (χ0v) is 11.6. The van der Waals surface area contributed by atoms with Gasteiger partial charge in [-0.1, -0.05) is 13.3 Å². The molecular formula is C14H24N2S. The zero-order chi connectivity index (χ0) is 12.1. The fourth-order valence-electron chi connectivity index (χ4n) is 2.57. The van der Waals surface area contributed by atoms with Crippen LogP contribution in [0.4, 0.5) is 0 Å². The number of rotatable bonds is 5. The standard InChI is InChI=1S/C14H24N2S/c1-2-17-9-5-8-16-10-12-6-3-4-7-14(15)13(12)11-16/h10-11,14H,2-9,15H2,1H3. The highest BCUT2D eigenvalue weighted by molar-refractivity contribution is 7.99. The van der Waals surface area contributed by atoms with Crippen LogP contribution in [0.3, 0.4) is 0 Å². The first-order chi connectivity index (χ1) is 8.31. The summed E-state index contributed by atoms with van der Waals surface area (Å²) in [6.07, 6.45) is 10.8. The second-order valence-corrected chi connectivity index (χ2v) is 6.27. The summed E-state index contributed by atoms with van der Waals surface area (Å²) >= 11 is 2.03. The normalized spacial score (nSPS) is 20.0. The smallest absolute Gasteiger partial charge is 0.0312 e. The molecule has 0 amide bonds. The lowest BCUT2D eigenvalue weighted by Gasteiger charge is -2.07. The fraction of sp³-hybridized carbons (Fsp3) is 0.714. The van der Waals surface area contributed by atoms with Crippen molar-refractivity contribution in [2.75, 3.05) is 11.5 Å². The van der Waals surface area contributed by atoms with Gasteiger partial charge in [-0.2, -0.15) is 11.8 Å². The number of hydrogen-bond donors (Lipinski definition) is 1. The molecule has 0 radical (unpaired) electrons. The van der Waals surface area contributed by atoms with Crippen LogP contribution >= 0.6 is 11.8 Å². The van der Waals surface area contributed by atoms with E-state index in [9.17, 15) is 0 Å². The van der Waals surface area contributed by atoms with Gasteiger partial charge in [-0.15, -0.1) is 0 Å². The molecule has 0 bridgehead atoms. The van der Waals surface area contributed by atoms with E-state index >= 15 is 0 Å². The summed E-state index contributed by atoms with van der Waals surface area (Å²) in [7, 11) is 0. The second-order valence-electron chi connectivity index (χ2n) is 4.88. The van der Waals surface area contributed by atoms with Gasteiger partial charge in [-0.3, -0.25) is 0 Å². The lowest BCUT2D eigenvalue weighted by molar-refractivity contribution is 0.605. The van der Waals surface area contributed by atoms with E-state index in [1.807, 2.05) is 11.8 Å². The van der Waals surface area contributed by atoms with Crippen molar-refractivity contribution in [1.82, 2.24) is 4.57 Å². The van der Waals surface area contributed by atoms with Crippen LogP contribution in [-0.4, -0.2) is 16.1 Å². The van der Waals surface area contributed by atoms with Gasteiger partial charge in [0.15, 0.2) is 0 Å². The Bertz CT molecular complexity index is 346. The molecule has 0 aromatic carbocycles. The number of thioether (sulfide) groups is 1. The Labute approximate surface area is 109 Å². The van der Waals surface area contributed by atoms with Gasteiger partial charge < -0.3 is 10.3 Å². The summed E-state index contributed by atoms with van der Waals surface area (Å²) in [5.41, 5.74) is 9.12. The number of hydrogen-bond acceptors (Lipinski definition) is 2. The summed E-state index contributed by atoms with van der Waals surface area (Å²) in [6, 6.07) is 0.277. The average molecular weight is 252 g/mol. The van der Waals surface area contributed by atoms with Gasteiger partial charge in [-0.25, -0.2) is 0 Å². The SMILES string of the molecule is CCSCCCn1cc2c(c1)C(N)CCCC2. The summed E-state index contributed by atoms with van der Waals surface area (Å²) < 4.78 is 2.35. The zero-order valence-electron chi connectivity index (χ0n) is 10.8. The first kappa shape index (κ1) is 13.0. The third-order valence-electron chi connectivity index (χ3n) is 3.52. The molecule has 2 nitrogen and oxygen atoms in total. The number of aryl methyl sites for hydroxylation is 2. The Morgan fingerprint density at radius 3 is 3.12 bits per heavy atom. The monoisotopic (exact) mass is 252 g/mol. The number of nitrogens with two attached hydrogens (primary N) is 1. The van der Waals surface area contributed by atoms with Crippen molar-refractivity contribution in [2.45, 2.75) is 51.6 Å². The first-order valence-electron chi connectivity index (χ1n) is 6.83. The largest absolute Gasteiger partial charge is 0.354 e. The van der Waals surface area contributed by atoms with E-state index in [-0.39, 0.29) is 6.04 Å². The molecule has 1 aliphatic rings. The van der Waals surface area contributed by atoms with Gasteiger partial charge in [0.25, 0.3) is 0 Å². The van der Waals surface area contributed by atoms with Crippen LogP contribution < -0.4 is 5.73 Å². The summed E-state index contributed by atoms with van der Waals surface area (Å²) in [4.78, 5) is 0. The van der Waals surface area contributed by atoms with Crippen molar-refractivity contribution in [3.63, 3.8) is 0 Å². The van der Waals surface area contributed by atoms with Gasteiger partial charge >= 0.3 is 0 Å². The molecule has 1 heterocycles. The predicted molar refractivity (Wildman–Crippen MR) is 76.5 cm³/mol. The quantitative estimate of drug-likeness (QED) is 0.643. The van der Waals surface area contributed by atoms with E-state index < -0.39 is 0 Å². The molecule has 0 fully saturated rings. The molecule has 17 heavy (non-hydrogen) atoms. The lowest BCUT2D eigenvalue weighted by atomic mass is 10.1.